The molecule has 0 aromatic carbocycles. The highest BCUT2D eigenvalue weighted by molar-refractivity contribution is 5.46. The van der Waals surface area contributed by atoms with E-state index in [9.17, 15) is 0 Å². The maximum Gasteiger partial charge on any atom is 0.129 e. The molecule has 0 atom stereocenters. The molecule has 14 heavy (non-hydrogen) atoms. The van der Waals surface area contributed by atoms with E-state index in [0.717, 1.165) is 18.9 Å². The molecule has 2 rings (SSSR count). The first-order valence-electron chi connectivity index (χ1n) is 4.55. The number of aromatic nitrogens is 1. The van der Waals surface area contributed by atoms with Crippen LogP contribution in [0.5, 0.6) is 0 Å². The summed E-state index contributed by atoms with van der Waals surface area (Å²) in [7, 11) is 0. The van der Waals surface area contributed by atoms with E-state index < -0.39 is 0 Å². The number of nitriles is 1. The Balaban J connectivity index is 2.08. The van der Waals surface area contributed by atoms with Gasteiger partial charge in [0.25, 0.3) is 0 Å². The third-order valence-electron chi connectivity index (χ3n) is 2.41. The largest absolute Gasteiger partial charge is 0.396 e. The summed E-state index contributed by atoms with van der Waals surface area (Å²) in [5, 5.41) is 17.5. The van der Waals surface area contributed by atoms with E-state index in [-0.39, 0.29) is 6.61 Å². The monoisotopic (exact) mass is 189 g/mol. The van der Waals surface area contributed by atoms with Gasteiger partial charge in [-0.2, -0.15) is 5.26 Å². The van der Waals surface area contributed by atoms with Crippen molar-refractivity contribution in [3.8, 4) is 6.07 Å². The highest BCUT2D eigenvalue weighted by Crippen LogP contribution is 2.22. The van der Waals surface area contributed by atoms with Gasteiger partial charge < -0.3 is 10.0 Å². The minimum absolute atomic E-state index is 0.231. The van der Waals surface area contributed by atoms with E-state index in [1.165, 1.54) is 0 Å². The Bertz CT molecular complexity index is 366. The smallest absolute Gasteiger partial charge is 0.129 e. The summed E-state index contributed by atoms with van der Waals surface area (Å²) >= 11 is 0. The fraction of sp³-hybridized carbons (Fsp3) is 0.400. The Hall–Kier alpha value is -1.60. The number of nitrogens with zero attached hydrogens (tertiary/aromatic N) is 3. The minimum Gasteiger partial charge on any atom is -0.396 e. The molecule has 2 heterocycles. The van der Waals surface area contributed by atoms with Crippen molar-refractivity contribution in [2.45, 2.75) is 0 Å². The molecule has 4 heteroatoms. The lowest BCUT2D eigenvalue weighted by atomic mass is 10.0. The maximum absolute atomic E-state index is 8.85. The quantitative estimate of drug-likeness (QED) is 0.730. The minimum atomic E-state index is 0.231. The predicted molar refractivity (Wildman–Crippen MR) is 51.7 cm³/mol. The van der Waals surface area contributed by atoms with Crippen molar-refractivity contribution in [1.29, 1.82) is 5.26 Å². The normalized spacial score (nSPS) is 16.1. The number of rotatable bonds is 2. The van der Waals surface area contributed by atoms with Crippen LogP contribution in [0.25, 0.3) is 0 Å². The molecule has 1 aromatic rings. The van der Waals surface area contributed by atoms with Crippen molar-refractivity contribution in [2.24, 2.45) is 5.92 Å². The van der Waals surface area contributed by atoms with Gasteiger partial charge in [0.05, 0.1) is 11.6 Å². The standard InChI is InChI=1S/C10H11N3O/c11-4-8-1-2-12-10(3-8)13-5-9(6-13)7-14/h1-3,9,14H,5-7H2. The predicted octanol–water partition coefficient (Wildman–Crippen LogP) is 0.382. The average Bonchev–Trinajstić information content (AvgIpc) is 2.17. The molecule has 1 N–H and O–H groups in total. The molecule has 0 spiro atoms. The number of anilines is 1. The Morgan fingerprint density at radius 1 is 1.64 bits per heavy atom. The van der Waals surface area contributed by atoms with E-state index in [0.29, 0.717) is 11.5 Å². The zero-order chi connectivity index (χ0) is 9.97. The molecule has 0 unspecified atom stereocenters. The number of aliphatic hydroxyl groups is 1. The van der Waals surface area contributed by atoms with Crippen LogP contribution in [0, 0.1) is 17.2 Å². The molecule has 1 saturated heterocycles. The number of aliphatic hydroxyl groups excluding tert-OH is 1. The van der Waals surface area contributed by atoms with Gasteiger partial charge in [0, 0.05) is 31.8 Å². The fourth-order valence-electron chi connectivity index (χ4n) is 1.53. The summed E-state index contributed by atoms with van der Waals surface area (Å²) in [6, 6.07) is 5.54. The topological polar surface area (TPSA) is 60.2 Å². The van der Waals surface area contributed by atoms with Crippen molar-refractivity contribution >= 4 is 5.82 Å². The summed E-state index contributed by atoms with van der Waals surface area (Å²) in [6.07, 6.45) is 1.64. The number of hydrogen-bond acceptors (Lipinski definition) is 4. The summed E-state index contributed by atoms with van der Waals surface area (Å²) in [6.45, 7) is 1.89. The summed E-state index contributed by atoms with van der Waals surface area (Å²) < 4.78 is 0. The van der Waals surface area contributed by atoms with Gasteiger partial charge >= 0.3 is 0 Å². The van der Waals surface area contributed by atoms with Crippen LogP contribution in [0.1, 0.15) is 5.56 Å². The van der Waals surface area contributed by atoms with Gasteiger partial charge in [0.1, 0.15) is 5.82 Å². The van der Waals surface area contributed by atoms with E-state index in [1.807, 2.05) is 0 Å². The highest BCUT2D eigenvalue weighted by atomic mass is 16.3. The Morgan fingerprint density at radius 2 is 2.43 bits per heavy atom. The molecular formula is C10H11N3O. The van der Waals surface area contributed by atoms with E-state index in [4.69, 9.17) is 10.4 Å². The maximum atomic E-state index is 8.85. The van der Waals surface area contributed by atoms with Crippen molar-refractivity contribution in [3.05, 3.63) is 23.9 Å². The molecule has 0 aliphatic carbocycles. The van der Waals surface area contributed by atoms with Crippen LogP contribution in [-0.4, -0.2) is 29.8 Å². The van der Waals surface area contributed by atoms with Gasteiger partial charge in [-0.1, -0.05) is 0 Å². The van der Waals surface area contributed by atoms with Gasteiger partial charge in [0.2, 0.25) is 0 Å². The highest BCUT2D eigenvalue weighted by Gasteiger charge is 2.26. The second kappa shape index (κ2) is 3.64. The first kappa shape index (κ1) is 8.97. The molecular weight excluding hydrogens is 178 g/mol. The first-order valence-corrected chi connectivity index (χ1v) is 4.55. The van der Waals surface area contributed by atoms with Gasteiger partial charge in [-0.3, -0.25) is 0 Å². The lowest BCUT2D eigenvalue weighted by molar-refractivity contribution is 0.200. The molecule has 4 nitrogen and oxygen atoms in total. The molecule has 72 valence electrons. The number of hydrogen-bond donors (Lipinski definition) is 1. The van der Waals surface area contributed by atoms with Crippen LogP contribution in [-0.2, 0) is 0 Å². The summed E-state index contributed by atoms with van der Waals surface area (Å²) in [4.78, 5) is 6.23. The molecule has 1 fully saturated rings. The number of pyridine rings is 1. The molecule has 0 radical (unpaired) electrons. The van der Waals surface area contributed by atoms with Gasteiger partial charge in [-0.15, -0.1) is 0 Å². The summed E-state index contributed by atoms with van der Waals surface area (Å²) in [5.74, 6) is 1.19. The first-order chi connectivity index (χ1) is 6.83. The lowest BCUT2D eigenvalue weighted by Gasteiger charge is -2.39. The fourth-order valence-corrected chi connectivity index (χ4v) is 1.53. The Kier molecular flexibility index (Phi) is 2.33. The molecule has 1 aliphatic heterocycles. The van der Waals surface area contributed by atoms with Crippen LogP contribution in [0.4, 0.5) is 5.82 Å². The van der Waals surface area contributed by atoms with Crippen LogP contribution in [0.15, 0.2) is 18.3 Å². The van der Waals surface area contributed by atoms with Gasteiger partial charge in [-0.05, 0) is 12.1 Å². The van der Waals surface area contributed by atoms with Gasteiger partial charge in [-0.25, -0.2) is 4.98 Å². The van der Waals surface area contributed by atoms with E-state index in [2.05, 4.69) is 16.0 Å². The van der Waals surface area contributed by atoms with E-state index >= 15 is 0 Å². The van der Waals surface area contributed by atoms with Gasteiger partial charge in [0.15, 0.2) is 0 Å². The molecule has 1 aromatic heterocycles. The second-order valence-electron chi connectivity index (χ2n) is 3.47. The average molecular weight is 189 g/mol. The van der Waals surface area contributed by atoms with Crippen molar-refractivity contribution < 1.29 is 5.11 Å². The zero-order valence-corrected chi connectivity index (χ0v) is 7.72. The van der Waals surface area contributed by atoms with Crippen molar-refractivity contribution in [3.63, 3.8) is 0 Å². The van der Waals surface area contributed by atoms with E-state index in [1.54, 1.807) is 18.3 Å². The molecule has 0 bridgehead atoms. The Morgan fingerprint density at radius 3 is 3.07 bits per heavy atom. The van der Waals surface area contributed by atoms with Crippen molar-refractivity contribution in [2.75, 3.05) is 24.6 Å². The second-order valence-corrected chi connectivity index (χ2v) is 3.47. The molecule has 1 aliphatic rings. The molecule has 0 amide bonds. The zero-order valence-electron chi connectivity index (χ0n) is 7.72. The third-order valence-corrected chi connectivity index (χ3v) is 2.41. The summed E-state index contributed by atoms with van der Waals surface area (Å²) in [5.41, 5.74) is 0.627. The van der Waals surface area contributed by atoms with Crippen LogP contribution in [0.3, 0.4) is 0 Å². The van der Waals surface area contributed by atoms with Crippen molar-refractivity contribution in [1.82, 2.24) is 4.98 Å². The van der Waals surface area contributed by atoms with Crippen LogP contribution >= 0.6 is 0 Å². The Labute approximate surface area is 82.4 Å². The van der Waals surface area contributed by atoms with Crippen LogP contribution < -0.4 is 4.90 Å². The van der Waals surface area contributed by atoms with Crippen LogP contribution in [0.2, 0.25) is 0 Å². The third kappa shape index (κ3) is 1.54. The SMILES string of the molecule is N#Cc1ccnc(N2CC(CO)C2)c1. The molecule has 0 saturated carbocycles. The lowest BCUT2D eigenvalue weighted by Crippen LogP contribution is -2.48.